The summed E-state index contributed by atoms with van der Waals surface area (Å²) in [7, 11) is 1.53. The van der Waals surface area contributed by atoms with Crippen LogP contribution in [0.2, 0.25) is 0 Å². The van der Waals surface area contributed by atoms with E-state index in [2.05, 4.69) is 29.0 Å². The Morgan fingerprint density at radius 2 is 1.89 bits per heavy atom. The molecule has 0 radical (unpaired) electrons. The minimum atomic E-state index is -0.933. The number of aryl methyl sites for hydroxylation is 3. The molecule has 4 rings (SSSR count). The van der Waals surface area contributed by atoms with Crippen LogP contribution in [-0.2, 0) is 4.79 Å². The van der Waals surface area contributed by atoms with Gasteiger partial charge in [0.15, 0.2) is 17.3 Å². The summed E-state index contributed by atoms with van der Waals surface area (Å²) >= 11 is 2.43. The number of methoxy groups -OCH3 is 1. The first-order valence-corrected chi connectivity index (χ1v) is 13.1. The van der Waals surface area contributed by atoms with Gasteiger partial charge >= 0.3 is 0 Å². The Kier molecular flexibility index (Phi) is 7.41. The monoisotopic (exact) mass is 528 g/mol. The number of nitrogens with zero attached hydrogens (tertiary/aromatic N) is 4. The van der Waals surface area contributed by atoms with E-state index in [0.29, 0.717) is 45.2 Å². The minimum Gasteiger partial charge on any atom is -0.503 e. The summed E-state index contributed by atoms with van der Waals surface area (Å²) < 4.78 is 11.5. The Morgan fingerprint density at radius 1 is 1.14 bits per heavy atom. The number of aliphatic hydroxyl groups is 1. The Bertz CT molecular complexity index is 1340. The van der Waals surface area contributed by atoms with Crippen LogP contribution in [0, 0.1) is 26.7 Å². The Balaban J connectivity index is 1.81. The molecular formula is C25H28N4O5S2. The van der Waals surface area contributed by atoms with Crippen molar-refractivity contribution < 1.29 is 24.2 Å². The number of ether oxygens (including phenoxy) is 2. The number of aromatic nitrogens is 3. The number of rotatable bonds is 9. The topological polar surface area (TPSA) is 115 Å². The van der Waals surface area contributed by atoms with E-state index in [4.69, 9.17) is 9.47 Å². The van der Waals surface area contributed by atoms with Gasteiger partial charge in [-0.1, -0.05) is 31.3 Å². The maximum atomic E-state index is 13.7. The lowest BCUT2D eigenvalue weighted by molar-refractivity contribution is -0.117. The number of amides is 1. The molecule has 0 fully saturated rings. The smallest absolute Gasteiger partial charge is 0.296 e. The molecule has 3 aromatic rings. The van der Waals surface area contributed by atoms with E-state index in [0.717, 1.165) is 11.4 Å². The summed E-state index contributed by atoms with van der Waals surface area (Å²) in [5, 5.41) is 20.8. The van der Waals surface area contributed by atoms with Gasteiger partial charge in [0, 0.05) is 0 Å². The van der Waals surface area contributed by atoms with Crippen molar-refractivity contribution in [3.05, 3.63) is 55.7 Å². The molecule has 1 aromatic carbocycles. The SMILES string of the molecule is COc1cc(C2C(C(=O)c3sc(C)nc3C)=C(O)C(=O)N2c2nnc(C)s2)ccc1OCCC(C)C. The second-order valence-corrected chi connectivity index (χ2v) is 11.2. The molecule has 9 nitrogen and oxygen atoms in total. The van der Waals surface area contributed by atoms with Crippen LogP contribution >= 0.6 is 22.7 Å². The highest BCUT2D eigenvalue weighted by Crippen LogP contribution is 2.45. The molecule has 1 unspecified atom stereocenters. The van der Waals surface area contributed by atoms with Crippen LogP contribution < -0.4 is 14.4 Å². The quantitative estimate of drug-likeness (QED) is 0.380. The molecule has 2 aromatic heterocycles. The second kappa shape index (κ2) is 10.4. The van der Waals surface area contributed by atoms with E-state index in [1.54, 1.807) is 39.0 Å². The van der Waals surface area contributed by atoms with E-state index in [-0.39, 0.29) is 10.7 Å². The molecule has 0 aliphatic carbocycles. The van der Waals surface area contributed by atoms with Gasteiger partial charge in [0.1, 0.15) is 5.01 Å². The largest absolute Gasteiger partial charge is 0.503 e. The summed E-state index contributed by atoms with van der Waals surface area (Å²) in [6, 6.07) is 4.31. The van der Waals surface area contributed by atoms with Crippen molar-refractivity contribution in [2.45, 2.75) is 47.1 Å². The van der Waals surface area contributed by atoms with Crippen molar-refractivity contribution in [3.63, 3.8) is 0 Å². The first-order chi connectivity index (χ1) is 17.1. The highest BCUT2D eigenvalue weighted by molar-refractivity contribution is 7.15. The van der Waals surface area contributed by atoms with Gasteiger partial charge in [-0.05, 0) is 50.8 Å². The second-order valence-electron chi connectivity index (χ2n) is 8.86. The third-order valence-electron chi connectivity index (χ3n) is 5.74. The zero-order valence-corrected chi connectivity index (χ0v) is 22.6. The molecule has 0 saturated heterocycles. The summed E-state index contributed by atoms with van der Waals surface area (Å²) in [5.74, 6) is -0.271. The maximum Gasteiger partial charge on any atom is 0.296 e. The Morgan fingerprint density at radius 3 is 2.47 bits per heavy atom. The van der Waals surface area contributed by atoms with Crippen LogP contribution in [0.1, 0.15) is 57.3 Å². The standard InChI is InChI=1S/C25H28N4O5S2/c1-12(2)9-10-34-17-8-7-16(11-18(17)33-6)20-19(21(30)23-13(3)26-14(4)35-23)22(31)24(32)29(20)25-28-27-15(5)36-25/h7-8,11-12,20,31H,9-10H2,1-6H3. The van der Waals surface area contributed by atoms with Crippen molar-refractivity contribution in [1.82, 2.24) is 15.2 Å². The number of hydrogen-bond donors (Lipinski definition) is 1. The molecule has 0 bridgehead atoms. The molecule has 0 spiro atoms. The van der Waals surface area contributed by atoms with E-state index >= 15 is 0 Å². The van der Waals surface area contributed by atoms with Crippen LogP contribution in [0.15, 0.2) is 29.5 Å². The minimum absolute atomic E-state index is 0.0323. The molecule has 190 valence electrons. The Hall–Kier alpha value is -3.31. The van der Waals surface area contributed by atoms with Crippen molar-refractivity contribution >= 4 is 39.5 Å². The number of ketones is 1. The first-order valence-electron chi connectivity index (χ1n) is 11.5. The number of hydrogen-bond acceptors (Lipinski definition) is 10. The molecule has 1 N–H and O–H groups in total. The van der Waals surface area contributed by atoms with Crippen molar-refractivity contribution in [2.24, 2.45) is 5.92 Å². The Labute approximate surface area is 217 Å². The van der Waals surface area contributed by atoms with Gasteiger partial charge in [-0.15, -0.1) is 21.5 Å². The van der Waals surface area contributed by atoms with Gasteiger partial charge in [0.2, 0.25) is 10.9 Å². The highest BCUT2D eigenvalue weighted by atomic mass is 32.1. The van der Waals surface area contributed by atoms with Gasteiger partial charge in [0.25, 0.3) is 5.91 Å². The zero-order chi connectivity index (χ0) is 26.1. The normalized spacial score (nSPS) is 15.8. The fourth-order valence-corrected chi connectivity index (χ4v) is 5.56. The van der Waals surface area contributed by atoms with Gasteiger partial charge in [0.05, 0.1) is 40.9 Å². The number of thiazole rings is 1. The van der Waals surface area contributed by atoms with Gasteiger partial charge in [-0.25, -0.2) is 4.98 Å². The summed E-state index contributed by atoms with van der Waals surface area (Å²) in [6.45, 7) is 10.1. The molecule has 36 heavy (non-hydrogen) atoms. The van der Waals surface area contributed by atoms with Crippen molar-refractivity contribution in [1.29, 1.82) is 0 Å². The molecule has 1 aliphatic rings. The number of carbonyl (C=O) groups is 2. The van der Waals surface area contributed by atoms with E-state index in [1.165, 1.54) is 34.7 Å². The van der Waals surface area contributed by atoms with Gasteiger partial charge in [-0.3, -0.25) is 14.5 Å². The van der Waals surface area contributed by atoms with Crippen LogP contribution in [0.25, 0.3) is 0 Å². The van der Waals surface area contributed by atoms with Crippen LogP contribution in [0.3, 0.4) is 0 Å². The molecular weight excluding hydrogens is 500 g/mol. The predicted octanol–water partition coefficient (Wildman–Crippen LogP) is 5.14. The third-order valence-corrected chi connectivity index (χ3v) is 7.65. The summed E-state index contributed by atoms with van der Waals surface area (Å²) in [6.07, 6.45) is 0.884. The highest BCUT2D eigenvalue weighted by Gasteiger charge is 2.46. The summed E-state index contributed by atoms with van der Waals surface area (Å²) in [5.41, 5.74) is 1.08. The number of benzene rings is 1. The van der Waals surface area contributed by atoms with Crippen LogP contribution in [-0.4, -0.2) is 45.7 Å². The van der Waals surface area contributed by atoms with Gasteiger partial charge in [-0.2, -0.15) is 0 Å². The molecule has 0 saturated carbocycles. The van der Waals surface area contributed by atoms with Crippen molar-refractivity contribution in [2.75, 3.05) is 18.6 Å². The average Bonchev–Trinajstić information content (AvgIpc) is 3.48. The fourth-order valence-electron chi connectivity index (χ4n) is 3.98. The maximum absolute atomic E-state index is 13.7. The number of carbonyl (C=O) groups excluding carboxylic acids is 2. The summed E-state index contributed by atoms with van der Waals surface area (Å²) in [4.78, 5) is 33.0. The van der Waals surface area contributed by atoms with E-state index in [9.17, 15) is 14.7 Å². The molecule has 3 heterocycles. The third kappa shape index (κ3) is 4.85. The van der Waals surface area contributed by atoms with Gasteiger partial charge < -0.3 is 14.6 Å². The molecule has 1 aliphatic heterocycles. The zero-order valence-electron chi connectivity index (χ0n) is 21.0. The lowest BCUT2D eigenvalue weighted by Gasteiger charge is -2.25. The lowest BCUT2D eigenvalue weighted by atomic mass is 9.95. The number of aliphatic hydroxyl groups excluding tert-OH is 1. The first kappa shape index (κ1) is 25.8. The van der Waals surface area contributed by atoms with E-state index < -0.39 is 23.5 Å². The molecule has 1 amide bonds. The predicted molar refractivity (Wildman–Crippen MR) is 138 cm³/mol. The van der Waals surface area contributed by atoms with Crippen LogP contribution in [0.5, 0.6) is 11.5 Å². The molecule has 1 atom stereocenters. The fraction of sp³-hybridized carbons (Fsp3) is 0.400. The van der Waals surface area contributed by atoms with Crippen molar-refractivity contribution in [3.8, 4) is 11.5 Å². The number of anilines is 1. The van der Waals surface area contributed by atoms with E-state index in [1.807, 2.05) is 0 Å². The lowest BCUT2D eigenvalue weighted by Crippen LogP contribution is -2.31. The molecule has 11 heteroatoms. The van der Waals surface area contributed by atoms with Crippen LogP contribution in [0.4, 0.5) is 5.13 Å². The number of Topliss-reactive ketones (excluding diaryl/α,β-unsaturated/α-hetero) is 1. The average molecular weight is 529 g/mol.